The zero-order valence-corrected chi connectivity index (χ0v) is 11.7. The van der Waals surface area contributed by atoms with Crippen molar-refractivity contribution in [1.82, 2.24) is 0 Å². The molecular weight excluding hydrogens is 215 g/mol. The fourth-order valence-corrected chi connectivity index (χ4v) is 2.09. The summed E-state index contributed by atoms with van der Waals surface area (Å²) < 4.78 is 32.1. The van der Waals surface area contributed by atoms with Crippen LogP contribution in [0, 0.1) is 0 Å². The second-order valence-corrected chi connectivity index (χ2v) is 4.78. The van der Waals surface area contributed by atoms with Gasteiger partial charge in [0.05, 0.1) is 10.1 Å². The van der Waals surface area contributed by atoms with E-state index in [9.17, 15) is 13.0 Å². The molecule has 1 N–H and O–H groups in total. The molecule has 0 aromatic rings. The van der Waals surface area contributed by atoms with Gasteiger partial charge in [-0.25, -0.2) is 8.42 Å². The zero-order valence-electron chi connectivity index (χ0n) is 8.90. The van der Waals surface area contributed by atoms with E-state index in [0.717, 1.165) is 12.8 Å². The minimum atomic E-state index is -4.17. The molecule has 1 unspecified atom stereocenters. The molecule has 0 rings (SSSR count). The molecule has 14 heavy (non-hydrogen) atoms. The van der Waals surface area contributed by atoms with E-state index in [1.165, 1.54) is 0 Å². The van der Waals surface area contributed by atoms with Crippen molar-refractivity contribution in [3.05, 3.63) is 0 Å². The van der Waals surface area contributed by atoms with Crippen LogP contribution >= 0.6 is 0 Å². The molecule has 0 heterocycles. The SMILES string of the molecule is CCCCC(CCCO)S(=O)(=O)[O-].[Na+]. The third-order valence-corrected chi connectivity index (χ3v) is 3.26. The second-order valence-electron chi connectivity index (χ2n) is 3.12. The molecule has 0 amide bonds. The summed E-state index contributed by atoms with van der Waals surface area (Å²) in [4.78, 5) is 0. The quantitative estimate of drug-likeness (QED) is 0.402. The van der Waals surface area contributed by atoms with E-state index in [0.29, 0.717) is 12.8 Å². The van der Waals surface area contributed by atoms with E-state index in [1.807, 2.05) is 6.92 Å². The Morgan fingerprint density at radius 2 is 1.79 bits per heavy atom. The van der Waals surface area contributed by atoms with Crippen molar-refractivity contribution in [2.75, 3.05) is 6.61 Å². The zero-order chi connectivity index (χ0) is 10.3. The molecule has 0 aromatic carbocycles. The van der Waals surface area contributed by atoms with Gasteiger partial charge in [0.25, 0.3) is 0 Å². The van der Waals surface area contributed by atoms with Crippen LogP contribution in [0.4, 0.5) is 0 Å². The normalized spacial score (nSPS) is 13.4. The van der Waals surface area contributed by atoms with Gasteiger partial charge in [0.2, 0.25) is 0 Å². The number of aliphatic hydroxyl groups is 1. The molecule has 0 aliphatic rings. The van der Waals surface area contributed by atoms with Gasteiger partial charge in [-0.3, -0.25) is 0 Å². The van der Waals surface area contributed by atoms with Crippen molar-refractivity contribution in [2.24, 2.45) is 0 Å². The summed E-state index contributed by atoms with van der Waals surface area (Å²) >= 11 is 0. The monoisotopic (exact) mass is 232 g/mol. The molecule has 0 radical (unpaired) electrons. The van der Waals surface area contributed by atoms with Gasteiger partial charge >= 0.3 is 29.6 Å². The van der Waals surface area contributed by atoms with Crippen molar-refractivity contribution in [2.45, 2.75) is 44.3 Å². The number of unbranched alkanes of at least 4 members (excludes halogenated alkanes) is 1. The molecule has 6 heteroatoms. The summed E-state index contributed by atoms with van der Waals surface area (Å²) in [5, 5.41) is 7.70. The predicted molar refractivity (Wildman–Crippen MR) is 49.3 cm³/mol. The van der Waals surface area contributed by atoms with Crippen molar-refractivity contribution < 1.29 is 47.6 Å². The Hall–Kier alpha value is 0.870. The molecule has 0 spiro atoms. The van der Waals surface area contributed by atoms with E-state index < -0.39 is 15.4 Å². The predicted octanol–water partition coefficient (Wildman–Crippen LogP) is -2.13. The standard InChI is InChI=1S/C8H18O4S.Na/c1-2-3-5-8(6-4-7-9)13(10,11)12;/h8-9H,2-7H2,1H3,(H,10,11,12);/q;+1/p-1. The molecule has 0 fully saturated rings. The van der Waals surface area contributed by atoms with Crippen LogP contribution in [0.1, 0.15) is 39.0 Å². The molecule has 0 aliphatic carbocycles. The number of hydrogen-bond acceptors (Lipinski definition) is 4. The van der Waals surface area contributed by atoms with Crippen LogP contribution in [0.15, 0.2) is 0 Å². The molecular formula is C8H17NaO4S. The van der Waals surface area contributed by atoms with Crippen LogP contribution in [0.2, 0.25) is 0 Å². The van der Waals surface area contributed by atoms with E-state index in [2.05, 4.69) is 0 Å². The number of rotatable bonds is 7. The van der Waals surface area contributed by atoms with Crippen molar-refractivity contribution in [3.8, 4) is 0 Å². The average Bonchev–Trinajstić information content (AvgIpc) is 2.02. The summed E-state index contributed by atoms with van der Waals surface area (Å²) in [6.07, 6.45) is 2.71. The van der Waals surface area contributed by atoms with E-state index in [4.69, 9.17) is 5.11 Å². The minimum absolute atomic E-state index is 0. The first-order chi connectivity index (χ1) is 6.02. The Bertz CT molecular complexity index is 207. The van der Waals surface area contributed by atoms with E-state index in [-0.39, 0.29) is 42.6 Å². The minimum Gasteiger partial charge on any atom is -0.748 e. The van der Waals surface area contributed by atoms with Crippen molar-refractivity contribution in [3.63, 3.8) is 0 Å². The first-order valence-corrected chi connectivity index (χ1v) is 6.05. The molecule has 0 saturated heterocycles. The summed E-state index contributed by atoms with van der Waals surface area (Å²) in [6.45, 7) is 1.89. The first kappa shape index (κ1) is 17.3. The Morgan fingerprint density at radius 3 is 2.14 bits per heavy atom. The number of aliphatic hydroxyl groups excluding tert-OH is 1. The topological polar surface area (TPSA) is 77.4 Å². The van der Waals surface area contributed by atoms with Crippen LogP contribution in [-0.2, 0) is 10.1 Å². The van der Waals surface area contributed by atoms with Gasteiger partial charge in [0.15, 0.2) is 0 Å². The molecule has 0 bridgehead atoms. The van der Waals surface area contributed by atoms with E-state index in [1.54, 1.807) is 0 Å². The second kappa shape index (κ2) is 9.12. The maximum absolute atomic E-state index is 10.7. The third-order valence-electron chi connectivity index (χ3n) is 1.97. The smallest absolute Gasteiger partial charge is 0.748 e. The van der Waals surface area contributed by atoms with Gasteiger partial charge in [0, 0.05) is 11.9 Å². The maximum atomic E-state index is 10.7. The fraction of sp³-hybridized carbons (Fsp3) is 1.00. The molecule has 1 atom stereocenters. The molecule has 4 nitrogen and oxygen atoms in total. The van der Waals surface area contributed by atoms with Crippen LogP contribution in [0.25, 0.3) is 0 Å². The Balaban J connectivity index is 0. The Kier molecular flexibility index (Phi) is 11.3. The van der Waals surface area contributed by atoms with Crippen LogP contribution in [0.5, 0.6) is 0 Å². The average molecular weight is 232 g/mol. The fourth-order valence-electron chi connectivity index (χ4n) is 1.18. The van der Waals surface area contributed by atoms with E-state index >= 15 is 0 Å². The van der Waals surface area contributed by atoms with Crippen LogP contribution in [-0.4, -0.2) is 29.9 Å². The van der Waals surface area contributed by atoms with Gasteiger partial charge < -0.3 is 9.66 Å². The Labute approximate surface area is 108 Å². The van der Waals surface area contributed by atoms with Gasteiger partial charge in [0.1, 0.15) is 0 Å². The molecule has 0 aromatic heterocycles. The van der Waals surface area contributed by atoms with Gasteiger partial charge in [-0.15, -0.1) is 0 Å². The molecule has 0 aliphatic heterocycles. The summed E-state index contributed by atoms with van der Waals surface area (Å²) in [6, 6.07) is 0. The number of hydrogen-bond donors (Lipinski definition) is 1. The van der Waals surface area contributed by atoms with Crippen molar-refractivity contribution >= 4 is 10.1 Å². The van der Waals surface area contributed by atoms with Gasteiger partial charge in [-0.2, -0.15) is 0 Å². The first-order valence-electron chi connectivity index (χ1n) is 4.58. The Morgan fingerprint density at radius 1 is 1.29 bits per heavy atom. The summed E-state index contributed by atoms with van der Waals surface area (Å²) in [7, 11) is -4.17. The summed E-state index contributed by atoms with van der Waals surface area (Å²) in [5.41, 5.74) is 0. The third kappa shape index (κ3) is 8.20. The van der Waals surface area contributed by atoms with Gasteiger partial charge in [-0.1, -0.05) is 19.8 Å². The van der Waals surface area contributed by atoms with Crippen LogP contribution < -0.4 is 29.6 Å². The molecule has 80 valence electrons. The van der Waals surface area contributed by atoms with Crippen molar-refractivity contribution in [1.29, 1.82) is 0 Å². The maximum Gasteiger partial charge on any atom is 1.00 e. The summed E-state index contributed by atoms with van der Waals surface area (Å²) in [5.74, 6) is 0. The largest absolute Gasteiger partial charge is 1.00 e. The van der Waals surface area contributed by atoms with Crippen LogP contribution in [0.3, 0.4) is 0 Å². The molecule has 0 saturated carbocycles. The van der Waals surface area contributed by atoms with Gasteiger partial charge in [-0.05, 0) is 19.3 Å².